The number of nitrogen functional groups attached to an aromatic ring is 1. The van der Waals surface area contributed by atoms with Crippen LogP contribution in [0, 0.1) is 6.92 Å². The Morgan fingerprint density at radius 1 is 0.933 bits per heavy atom. The molecule has 0 spiro atoms. The maximum Gasteiger partial charge on any atom is 0.390 e. The van der Waals surface area contributed by atoms with Gasteiger partial charge in [0.2, 0.25) is 0 Å². The number of aromatic amines is 1. The molecule has 0 aliphatic carbocycles. The normalized spacial score (nSPS) is 30.7. The van der Waals surface area contributed by atoms with Crippen LogP contribution in [0.4, 0.5) is 14.6 Å². The molecule has 10 atom stereocenters. The summed E-state index contributed by atoms with van der Waals surface area (Å²) in [5, 5.41) is 0. The molecular weight excluding hydrogens is 860 g/mol. The summed E-state index contributed by atoms with van der Waals surface area (Å²) in [6.45, 7) is -4.76. The number of rotatable bonds is 7. The molecule has 60 heavy (non-hydrogen) atoms. The van der Waals surface area contributed by atoms with Gasteiger partial charge in [-0.15, -0.1) is 0 Å². The Balaban J connectivity index is 0.00000544. The van der Waals surface area contributed by atoms with Crippen molar-refractivity contribution in [3.05, 3.63) is 111 Å². The van der Waals surface area contributed by atoms with Crippen molar-refractivity contribution in [1.82, 2.24) is 35.2 Å². The van der Waals surface area contributed by atoms with Crippen molar-refractivity contribution in [2.75, 3.05) is 18.9 Å². The number of phosphoric acid groups is 1. The fourth-order valence-electron chi connectivity index (χ4n) is 6.43. The predicted octanol–water partition coefficient (Wildman–Crippen LogP) is 3.66. The van der Waals surface area contributed by atoms with Gasteiger partial charge in [-0.1, -0.05) is 29.8 Å². The first-order valence-corrected chi connectivity index (χ1v) is 22.2. The standard InChI is InChI=1S/C34H33F2N7O13P2S.H3N/c1-17-2-6-19(7-3-17)33(45)52-20-8-4-18(5-9-20)14-59-58(49)51-13-22-24(35)27(32(54-22)43-16-40-26-29(37)38-15-39-30(26)43)55-57(47,48)50-12-21-25(36)28(56-58)31(53-21)42-11-10-23(44)41-34(42)46;/h2-11,15-16,21-22,24-25,27-28,31-32H,12-14H2,1H3,(H,47,48)(H2,37,38,39)(H,41,44,46);1H3/t21-,22-,24-,25-,27-,28-,31-,32-,58?;/m1./s1. The Morgan fingerprint density at radius 3 is 2.27 bits per heavy atom. The molecule has 5 aromatic rings. The van der Waals surface area contributed by atoms with Crippen LogP contribution in [0.15, 0.2) is 83.0 Å². The van der Waals surface area contributed by atoms with Gasteiger partial charge in [0.25, 0.3) is 13.4 Å². The number of esters is 1. The maximum absolute atomic E-state index is 16.4. The Morgan fingerprint density at radius 2 is 1.58 bits per heavy atom. The van der Waals surface area contributed by atoms with Gasteiger partial charge in [-0.25, -0.2) is 37.9 Å². The lowest BCUT2D eigenvalue weighted by molar-refractivity contribution is -0.236. The minimum absolute atomic E-state index is 0. The van der Waals surface area contributed by atoms with E-state index in [0.717, 1.165) is 39.6 Å². The quantitative estimate of drug-likeness (QED) is 0.119. The number of halogens is 2. The first-order valence-electron chi connectivity index (χ1n) is 17.6. The summed E-state index contributed by atoms with van der Waals surface area (Å²) in [5.41, 5.74) is 5.95. The summed E-state index contributed by atoms with van der Waals surface area (Å²) < 4.78 is 101. The number of ether oxygens (including phenoxy) is 3. The second kappa shape index (κ2) is 17.3. The van der Waals surface area contributed by atoms with Gasteiger partial charge in [0.05, 0.1) is 25.1 Å². The van der Waals surface area contributed by atoms with Crippen molar-refractivity contribution in [2.45, 2.75) is 61.9 Å². The molecule has 3 aliphatic heterocycles. The number of imidazole rings is 1. The number of alkyl halides is 2. The van der Waals surface area contributed by atoms with Crippen LogP contribution in [-0.2, 0) is 42.5 Å². The Bertz CT molecular complexity index is 2590. The number of carbonyl (C=O) groups excluding carboxylic acids is 1. The second-order valence-corrected chi connectivity index (χ2v) is 18.8. The van der Waals surface area contributed by atoms with E-state index in [1.807, 2.05) is 11.9 Å². The minimum Gasteiger partial charge on any atom is -0.756 e. The molecule has 4 bridgehead atoms. The third kappa shape index (κ3) is 8.99. The molecule has 26 heteroatoms. The molecule has 21 nitrogen and oxygen atoms in total. The zero-order valence-electron chi connectivity index (χ0n) is 31.3. The van der Waals surface area contributed by atoms with Crippen molar-refractivity contribution < 1.29 is 59.9 Å². The summed E-state index contributed by atoms with van der Waals surface area (Å²) in [5.74, 6) is -0.564. The molecule has 3 aliphatic rings. The average molecular weight is 897 g/mol. The summed E-state index contributed by atoms with van der Waals surface area (Å²) in [6, 6.07) is 13.8. The molecule has 3 saturated heterocycles. The fraction of sp³-hybridized carbons (Fsp3) is 0.353. The molecule has 3 fully saturated rings. The number of phosphoric ester groups is 1. The second-order valence-electron chi connectivity index (χ2n) is 13.4. The number of aromatic nitrogens is 6. The van der Waals surface area contributed by atoms with E-state index >= 15 is 8.78 Å². The van der Waals surface area contributed by atoms with E-state index in [1.54, 1.807) is 36.4 Å². The van der Waals surface area contributed by atoms with Gasteiger partial charge < -0.3 is 40.0 Å². The number of quaternary nitrogens is 1. The van der Waals surface area contributed by atoms with E-state index in [9.17, 15) is 28.4 Å². The van der Waals surface area contributed by atoms with Gasteiger partial charge in [-0.2, -0.15) is 0 Å². The topological polar surface area (TPSA) is 300 Å². The molecular formula is C34H36F2N8O13P2S. The molecule has 2 unspecified atom stereocenters. The van der Waals surface area contributed by atoms with Crippen molar-refractivity contribution in [1.29, 1.82) is 0 Å². The van der Waals surface area contributed by atoms with E-state index in [1.165, 1.54) is 12.1 Å². The summed E-state index contributed by atoms with van der Waals surface area (Å²) >= 11 is 0.558. The number of benzene rings is 2. The number of nitrogens with zero attached hydrogens (tertiary/aromatic N) is 5. The first kappa shape index (κ1) is 43.4. The third-order valence-corrected chi connectivity index (χ3v) is 14.0. The van der Waals surface area contributed by atoms with Crippen LogP contribution in [-0.4, -0.2) is 85.0 Å². The Hall–Kier alpha value is -4.71. The van der Waals surface area contributed by atoms with Crippen LogP contribution >= 0.6 is 26.0 Å². The highest BCUT2D eigenvalue weighted by atomic mass is 32.7. The lowest BCUT2D eigenvalue weighted by atomic mass is 10.1. The maximum atomic E-state index is 16.4. The van der Waals surface area contributed by atoms with Crippen LogP contribution in [0.25, 0.3) is 11.2 Å². The summed E-state index contributed by atoms with van der Waals surface area (Å²) in [7, 11) is -5.51. The van der Waals surface area contributed by atoms with Gasteiger partial charge in [0.1, 0.15) is 42.0 Å². The molecule has 0 radical (unpaired) electrons. The molecule has 3 aromatic heterocycles. The van der Waals surface area contributed by atoms with Gasteiger partial charge in [0, 0.05) is 18.0 Å². The molecule has 8 rings (SSSR count). The number of hydrogen-bond donors (Lipinski definition) is 3. The number of H-pyrrole nitrogens is 1. The predicted molar refractivity (Wildman–Crippen MR) is 205 cm³/mol. The SMILES string of the molecule is Cc1ccc(C(=O)Oc2ccc(CSP3(=O)OC[C@H]4O[C@@H](n5cnc6c(N)ncnc65)[C@H](OP(=O)([O-])OC[C@H]5O[C@@H](n6ccc(=O)[nH]c6=O)[C@H](O3)[C@@H]5F)[C@@H]4F)cc2)cc1.[NH4+]. The number of aryl methyl sites for hydroxylation is 1. The van der Waals surface area contributed by atoms with E-state index in [2.05, 4.69) is 15.0 Å². The number of anilines is 1. The molecule has 7 N–H and O–H groups in total. The monoisotopic (exact) mass is 896 g/mol. The Labute approximate surface area is 341 Å². The zero-order chi connectivity index (χ0) is 41.6. The smallest absolute Gasteiger partial charge is 0.390 e. The van der Waals surface area contributed by atoms with Crippen molar-refractivity contribution in [3.63, 3.8) is 0 Å². The number of carbonyl (C=O) groups is 1. The Kier molecular flexibility index (Phi) is 12.5. The third-order valence-electron chi connectivity index (χ3n) is 9.42. The van der Waals surface area contributed by atoms with E-state index in [4.69, 9.17) is 38.0 Å². The molecule has 2 aromatic carbocycles. The number of hydrogen-bond acceptors (Lipinski definition) is 18. The number of nitrogens with two attached hydrogens (primary N) is 1. The van der Waals surface area contributed by atoms with Crippen molar-refractivity contribution >= 4 is 49.0 Å². The minimum atomic E-state index is -5.51. The average Bonchev–Trinajstić information content (AvgIpc) is 3.86. The zero-order valence-corrected chi connectivity index (χ0v) is 34.0. The van der Waals surface area contributed by atoms with Crippen molar-refractivity contribution in [2.24, 2.45) is 0 Å². The van der Waals surface area contributed by atoms with Crippen LogP contribution in [0.2, 0.25) is 0 Å². The number of fused-ring (bicyclic) bond motifs is 5. The lowest BCUT2D eigenvalue weighted by Gasteiger charge is -2.30. The van der Waals surface area contributed by atoms with Crippen LogP contribution < -0.4 is 32.8 Å². The fourth-order valence-corrected chi connectivity index (χ4v) is 10.7. The lowest BCUT2D eigenvalue weighted by Crippen LogP contribution is -2.38. The van der Waals surface area contributed by atoms with Crippen molar-refractivity contribution in [3.8, 4) is 5.75 Å². The number of nitrogens with one attached hydrogen (secondary N) is 1. The van der Waals surface area contributed by atoms with Gasteiger partial charge >= 0.3 is 18.5 Å². The van der Waals surface area contributed by atoms with E-state index in [-0.39, 0.29) is 34.6 Å². The first-order chi connectivity index (χ1) is 28.2. The highest BCUT2D eigenvalue weighted by Gasteiger charge is 2.54. The molecule has 0 saturated carbocycles. The van der Waals surface area contributed by atoms with E-state index < -0.39 is 94.3 Å². The molecule has 320 valence electrons. The van der Waals surface area contributed by atoms with Gasteiger partial charge in [0.15, 0.2) is 36.3 Å². The van der Waals surface area contributed by atoms with Crippen LogP contribution in [0.5, 0.6) is 5.75 Å². The van der Waals surface area contributed by atoms with E-state index in [0.29, 0.717) is 22.5 Å². The summed E-state index contributed by atoms with van der Waals surface area (Å²) in [4.78, 5) is 64.6. The van der Waals surface area contributed by atoms with Gasteiger partial charge in [-0.05, 0) is 48.1 Å². The van der Waals surface area contributed by atoms with Gasteiger partial charge in [-0.3, -0.25) is 32.5 Å². The molecule has 6 heterocycles. The highest BCUT2D eigenvalue weighted by molar-refractivity contribution is 8.54. The summed E-state index contributed by atoms with van der Waals surface area (Å²) in [6.07, 6.45) is -12.2. The van der Waals surface area contributed by atoms with Crippen LogP contribution in [0.1, 0.15) is 33.9 Å². The highest BCUT2D eigenvalue weighted by Crippen LogP contribution is 2.65. The molecule has 0 amide bonds. The largest absolute Gasteiger partial charge is 0.756 e. The van der Waals surface area contributed by atoms with Crippen LogP contribution in [0.3, 0.4) is 0 Å².